The van der Waals surface area contributed by atoms with E-state index in [0.29, 0.717) is 5.76 Å². The molecule has 0 saturated heterocycles. The molecule has 0 bridgehead atoms. The van der Waals surface area contributed by atoms with Gasteiger partial charge in [-0.15, -0.1) is 0 Å². The van der Waals surface area contributed by atoms with Gasteiger partial charge in [-0.1, -0.05) is 6.92 Å². The van der Waals surface area contributed by atoms with Crippen LogP contribution in [0.1, 0.15) is 20.3 Å². The highest BCUT2D eigenvalue weighted by molar-refractivity contribution is 4.93. The molecule has 0 fully saturated rings. The fourth-order valence-electron chi connectivity index (χ4n) is 0.428. The van der Waals surface area contributed by atoms with Crippen molar-refractivity contribution in [2.75, 3.05) is 0 Å². The van der Waals surface area contributed by atoms with E-state index in [-0.39, 0.29) is 6.04 Å². The first kappa shape index (κ1) is 7.50. The minimum atomic E-state index is 0.0139. The van der Waals surface area contributed by atoms with Crippen LogP contribution in [0.25, 0.3) is 0 Å². The summed E-state index contributed by atoms with van der Waals surface area (Å²) in [6.45, 7) is 3.60. The second-order valence-electron chi connectivity index (χ2n) is 1.88. The molecule has 2 heteroatoms. The maximum absolute atomic E-state index is 8.64. The molecule has 1 unspecified atom stereocenters. The lowest BCUT2D eigenvalue weighted by atomic mass is 10.2. The summed E-state index contributed by atoms with van der Waals surface area (Å²) in [6.07, 6.45) is 2.51. The highest BCUT2D eigenvalue weighted by Gasteiger charge is 1.91. The molecule has 0 heterocycles. The molecule has 0 aliphatic carbocycles. The molecule has 0 saturated carbocycles. The van der Waals surface area contributed by atoms with Gasteiger partial charge < -0.3 is 10.8 Å². The Balaban J connectivity index is 3.51. The minimum absolute atomic E-state index is 0.0139. The van der Waals surface area contributed by atoms with Gasteiger partial charge in [-0.3, -0.25) is 0 Å². The molecule has 8 heavy (non-hydrogen) atoms. The molecule has 0 aliphatic rings. The Kier molecular flexibility index (Phi) is 3.28. The summed E-state index contributed by atoms with van der Waals surface area (Å²) in [5.74, 6) is 0.305. The van der Waals surface area contributed by atoms with E-state index < -0.39 is 0 Å². The maximum atomic E-state index is 8.64. The third kappa shape index (κ3) is 3.68. The molecule has 0 amide bonds. The first-order chi connectivity index (χ1) is 3.66. The molecule has 0 spiro atoms. The molecule has 0 aromatic carbocycles. The van der Waals surface area contributed by atoms with Crippen LogP contribution in [0.5, 0.6) is 0 Å². The normalized spacial score (nSPS) is 16.1. The third-order valence-corrected chi connectivity index (χ3v) is 0.927. The van der Waals surface area contributed by atoms with E-state index >= 15 is 0 Å². The van der Waals surface area contributed by atoms with Crippen LogP contribution < -0.4 is 5.73 Å². The van der Waals surface area contributed by atoms with Gasteiger partial charge in [-0.2, -0.15) is 0 Å². The maximum Gasteiger partial charge on any atom is 0.0867 e. The van der Waals surface area contributed by atoms with Crippen LogP contribution in [0.15, 0.2) is 11.8 Å². The van der Waals surface area contributed by atoms with E-state index in [9.17, 15) is 0 Å². The molecular formula is C6H13NO. The van der Waals surface area contributed by atoms with Gasteiger partial charge in [0.2, 0.25) is 0 Å². The van der Waals surface area contributed by atoms with Crippen molar-refractivity contribution in [3.8, 4) is 0 Å². The van der Waals surface area contributed by atoms with Crippen molar-refractivity contribution >= 4 is 0 Å². The molecule has 3 N–H and O–H groups in total. The zero-order chi connectivity index (χ0) is 6.57. The Morgan fingerprint density at radius 1 is 1.88 bits per heavy atom. The molecule has 48 valence electrons. The quantitative estimate of drug-likeness (QED) is 0.531. The number of hydrogen-bond acceptors (Lipinski definition) is 2. The van der Waals surface area contributed by atoms with Crippen molar-refractivity contribution in [2.45, 2.75) is 26.3 Å². The summed E-state index contributed by atoms with van der Waals surface area (Å²) in [6, 6.07) is 0.0139. The molecule has 2 nitrogen and oxygen atoms in total. The van der Waals surface area contributed by atoms with Crippen molar-refractivity contribution in [1.29, 1.82) is 0 Å². The van der Waals surface area contributed by atoms with Gasteiger partial charge in [0.15, 0.2) is 0 Å². The lowest BCUT2D eigenvalue weighted by Gasteiger charge is -1.99. The van der Waals surface area contributed by atoms with Crippen LogP contribution in [0, 0.1) is 0 Å². The predicted molar refractivity (Wildman–Crippen MR) is 34.7 cm³/mol. The Labute approximate surface area is 50.0 Å². The lowest BCUT2D eigenvalue weighted by molar-refractivity contribution is 0.409. The monoisotopic (exact) mass is 115 g/mol. The third-order valence-electron chi connectivity index (χ3n) is 0.927. The number of rotatable bonds is 2. The molecule has 1 atom stereocenters. The number of aliphatic hydroxyl groups excluding tert-OH is 1. The van der Waals surface area contributed by atoms with Gasteiger partial charge in [0, 0.05) is 6.04 Å². The summed E-state index contributed by atoms with van der Waals surface area (Å²) in [7, 11) is 0. The second-order valence-corrected chi connectivity index (χ2v) is 1.88. The SMILES string of the molecule is CCC(N)/C=C(/C)O. The van der Waals surface area contributed by atoms with Gasteiger partial charge in [-0.05, 0) is 19.4 Å². The molecule has 0 radical (unpaired) electrons. The van der Waals surface area contributed by atoms with Crippen LogP contribution in [0.3, 0.4) is 0 Å². The second kappa shape index (κ2) is 3.50. The van der Waals surface area contributed by atoms with Gasteiger partial charge in [0.1, 0.15) is 0 Å². The van der Waals surface area contributed by atoms with Crippen LogP contribution >= 0.6 is 0 Å². The Morgan fingerprint density at radius 2 is 2.38 bits per heavy atom. The summed E-state index contributed by atoms with van der Waals surface area (Å²) < 4.78 is 0. The molecule has 0 aromatic heterocycles. The van der Waals surface area contributed by atoms with E-state index in [0.717, 1.165) is 6.42 Å². The standard InChI is InChI=1S/C6H13NO/c1-3-6(7)4-5(2)8/h4,6,8H,3,7H2,1-2H3/b5-4-. The van der Waals surface area contributed by atoms with Crippen LogP contribution in [0.2, 0.25) is 0 Å². The van der Waals surface area contributed by atoms with E-state index in [4.69, 9.17) is 10.8 Å². The first-order valence-corrected chi connectivity index (χ1v) is 2.79. The fraction of sp³-hybridized carbons (Fsp3) is 0.667. The van der Waals surface area contributed by atoms with Crippen molar-refractivity contribution < 1.29 is 5.11 Å². The number of hydrogen-bond donors (Lipinski definition) is 2. The van der Waals surface area contributed by atoms with E-state index in [1.165, 1.54) is 0 Å². The van der Waals surface area contributed by atoms with Crippen molar-refractivity contribution in [3.63, 3.8) is 0 Å². The molecule has 0 aliphatic heterocycles. The topological polar surface area (TPSA) is 46.2 Å². The zero-order valence-corrected chi connectivity index (χ0v) is 5.39. The van der Waals surface area contributed by atoms with E-state index in [1.54, 1.807) is 13.0 Å². The fourth-order valence-corrected chi connectivity index (χ4v) is 0.428. The van der Waals surface area contributed by atoms with E-state index in [2.05, 4.69) is 0 Å². The predicted octanol–water partition coefficient (Wildman–Crippen LogP) is 1.19. The first-order valence-electron chi connectivity index (χ1n) is 2.79. The average molecular weight is 115 g/mol. The Hall–Kier alpha value is -0.500. The minimum Gasteiger partial charge on any atom is -0.513 e. The average Bonchev–Trinajstić information content (AvgIpc) is 1.65. The Morgan fingerprint density at radius 3 is 2.50 bits per heavy atom. The van der Waals surface area contributed by atoms with Gasteiger partial charge in [0.05, 0.1) is 5.76 Å². The van der Waals surface area contributed by atoms with Gasteiger partial charge >= 0.3 is 0 Å². The van der Waals surface area contributed by atoms with Crippen molar-refractivity contribution in [3.05, 3.63) is 11.8 Å². The number of nitrogens with two attached hydrogens (primary N) is 1. The van der Waals surface area contributed by atoms with Crippen molar-refractivity contribution in [2.24, 2.45) is 5.73 Å². The molecular weight excluding hydrogens is 102 g/mol. The highest BCUT2D eigenvalue weighted by atomic mass is 16.3. The van der Waals surface area contributed by atoms with Crippen LogP contribution in [-0.4, -0.2) is 11.1 Å². The number of aliphatic hydroxyl groups is 1. The van der Waals surface area contributed by atoms with Gasteiger partial charge in [-0.25, -0.2) is 0 Å². The largest absolute Gasteiger partial charge is 0.513 e. The zero-order valence-electron chi connectivity index (χ0n) is 5.39. The number of allylic oxidation sites excluding steroid dienone is 1. The lowest BCUT2D eigenvalue weighted by Crippen LogP contribution is -2.15. The Bertz CT molecular complexity index is 84.5. The summed E-state index contributed by atoms with van der Waals surface area (Å²) in [5, 5.41) is 8.64. The molecule has 0 rings (SSSR count). The van der Waals surface area contributed by atoms with Crippen LogP contribution in [-0.2, 0) is 0 Å². The summed E-state index contributed by atoms with van der Waals surface area (Å²) in [4.78, 5) is 0. The van der Waals surface area contributed by atoms with Crippen LogP contribution in [0.4, 0.5) is 0 Å². The van der Waals surface area contributed by atoms with Crippen molar-refractivity contribution in [1.82, 2.24) is 0 Å². The highest BCUT2D eigenvalue weighted by Crippen LogP contribution is 1.91. The summed E-state index contributed by atoms with van der Waals surface area (Å²) in [5.41, 5.74) is 5.44. The van der Waals surface area contributed by atoms with E-state index in [1.807, 2.05) is 6.92 Å². The summed E-state index contributed by atoms with van der Waals surface area (Å²) >= 11 is 0. The van der Waals surface area contributed by atoms with Gasteiger partial charge in [0.25, 0.3) is 0 Å². The molecule has 0 aromatic rings. The smallest absolute Gasteiger partial charge is 0.0867 e.